The van der Waals surface area contributed by atoms with Gasteiger partial charge in [0.25, 0.3) is 0 Å². The smallest absolute Gasteiger partial charge is 0.248 e. The van der Waals surface area contributed by atoms with Crippen LogP contribution in [0.5, 0.6) is 5.75 Å². The average molecular weight is 434 g/mol. The maximum absolute atomic E-state index is 13.1. The lowest BCUT2D eigenvalue weighted by Gasteiger charge is -2.44. The van der Waals surface area contributed by atoms with E-state index in [1.54, 1.807) is 31.8 Å². The molecule has 4 heterocycles. The van der Waals surface area contributed by atoms with Gasteiger partial charge in [0, 0.05) is 49.3 Å². The standard InChI is InChI=1S/C24H27N5O3/c1-31-21-7-10-26-13-20(21)24(8-2-9-24)32-16-23(30)28-14-18-4-5-19(15-28)29(18)22-6-3-17(11-25)12-27-22/h3,6-7,10,12-13,18-19H,2,4-5,8-9,14-16H2,1H3. The van der Waals surface area contributed by atoms with Crippen LogP contribution in [0.4, 0.5) is 5.82 Å². The van der Waals surface area contributed by atoms with E-state index in [-0.39, 0.29) is 24.6 Å². The summed E-state index contributed by atoms with van der Waals surface area (Å²) in [7, 11) is 1.65. The maximum Gasteiger partial charge on any atom is 0.248 e. The number of piperazine rings is 1. The Kier molecular flexibility index (Phi) is 5.43. The molecular formula is C24H27N5O3. The van der Waals surface area contributed by atoms with Crippen LogP contribution in [0.2, 0.25) is 0 Å². The topological polar surface area (TPSA) is 91.6 Å². The number of carbonyl (C=O) groups excluding carboxylic acids is 1. The molecule has 166 valence electrons. The first-order chi connectivity index (χ1) is 15.6. The zero-order valence-corrected chi connectivity index (χ0v) is 18.2. The summed E-state index contributed by atoms with van der Waals surface area (Å²) in [6.45, 7) is 1.40. The molecule has 2 atom stereocenters. The third kappa shape index (κ3) is 3.56. The van der Waals surface area contributed by atoms with Crippen molar-refractivity contribution in [2.24, 2.45) is 0 Å². The van der Waals surface area contributed by atoms with E-state index in [1.807, 2.05) is 17.0 Å². The Bertz CT molecular complexity index is 1020. The number of aromatic nitrogens is 2. The summed E-state index contributed by atoms with van der Waals surface area (Å²) >= 11 is 0. The first-order valence-corrected chi connectivity index (χ1v) is 11.2. The van der Waals surface area contributed by atoms with Crippen molar-refractivity contribution < 1.29 is 14.3 Å². The Hall–Kier alpha value is -3.18. The van der Waals surface area contributed by atoms with E-state index in [0.717, 1.165) is 49.2 Å². The van der Waals surface area contributed by atoms with Crippen LogP contribution in [0.15, 0.2) is 36.8 Å². The van der Waals surface area contributed by atoms with E-state index in [1.165, 1.54) is 0 Å². The Morgan fingerprint density at radius 3 is 2.59 bits per heavy atom. The molecule has 2 saturated heterocycles. The number of nitriles is 1. The molecule has 0 spiro atoms. The lowest BCUT2D eigenvalue weighted by Crippen LogP contribution is -2.56. The van der Waals surface area contributed by atoms with Gasteiger partial charge in [0.05, 0.1) is 18.3 Å². The van der Waals surface area contributed by atoms with Crippen molar-refractivity contribution >= 4 is 11.7 Å². The number of methoxy groups -OCH3 is 1. The van der Waals surface area contributed by atoms with Gasteiger partial charge in [0.2, 0.25) is 5.91 Å². The van der Waals surface area contributed by atoms with Crippen molar-refractivity contribution in [2.75, 3.05) is 31.7 Å². The SMILES string of the molecule is COc1ccncc1C1(OCC(=O)N2CC3CCC(C2)N3c2ccc(C#N)cn2)CCC1. The Morgan fingerprint density at radius 2 is 2.00 bits per heavy atom. The van der Waals surface area contributed by atoms with Gasteiger partial charge in [-0.25, -0.2) is 4.98 Å². The molecule has 2 bridgehead atoms. The lowest BCUT2D eigenvalue weighted by atomic mass is 9.75. The molecular weight excluding hydrogens is 406 g/mol. The summed E-state index contributed by atoms with van der Waals surface area (Å²) < 4.78 is 11.8. The Balaban J connectivity index is 1.24. The van der Waals surface area contributed by atoms with Gasteiger partial charge in [-0.1, -0.05) is 0 Å². The summed E-state index contributed by atoms with van der Waals surface area (Å²) in [4.78, 5) is 26.1. The number of anilines is 1. The number of pyridine rings is 2. The zero-order chi connectivity index (χ0) is 22.1. The number of rotatable bonds is 6. The second kappa shape index (κ2) is 8.40. The Labute approximate surface area is 187 Å². The van der Waals surface area contributed by atoms with E-state index < -0.39 is 5.60 Å². The molecule has 1 amide bonds. The summed E-state index contributed by atoms with van der Waals surface area (Å²) in [5.74, 6) is 1.68. The number of carbonyl (C=O) groups is 1. The van der Waals surface area contributed by atoms with Crippen LogP contribution in [0.1, 0.15) is 43.2 Å². The van der Waals surface area contributed by atoms with Crippen molar-refractivity contribution in [3.8, 4) is 11.8 Å². The molecule has 0 aromatic carbocycles. The highest BCUT2D eigenvalue weighted by Crippen LogP contribution is 2.47. The molecule has 2 aromatic rings. The number of likely N-dealkylation sites (tertiary alicyclic amines) is 1. The molecule has 2 unspecified atom stereocenters. The van der Waals surface area contributed by atoms with Crippen molar-refractivity contribution in [2.45, 2.75) is 49.8 Å². The predicted molar refractivity (Wildman–Crippen MR) is 117 cm³/mol. The van der Waals surface area contributed by atoms with Crippen LogP contribution in [-0.4, -0.2) is 59.7 Å². The summed E-state index contributed by atoms with van der Waals surface area (Å²) in [5.41, 5.74) is 1.00. The summed E-state index contributed by atoms with van der Waals surface area (Å²) in [6.07, 6.45) is 9.99. The van der Waals surface area contributed by atoms with Crippen LogP contribution in [0.3, 0.4) is 0 Å². The molecule has 2 aliphatic heterocycles. The first kappa shape index (κ1) is 20.7. The quantitative estimate of drug-likeness (QED) is 0.691. The molecule has 32 heavy (non-hydrogen) atoms. The third-order valence-corrected chi connectivity index (χ3v) is 7.10. The highest BCUT2D eigenvalue weighted by atomic mass is 16.5. The summed E-state index contributed by atoms with van der Waals surface area (Å²) in [5, 5.41) is 9.01. The van der Waals surface area contributed by atoms with Crippen LogP contribution in [-0.2, 0) is 15.1 Å². The second-order valence-corrected chi connectivity index (χ2v) is 8.82. The summed E-state index contributed by atoms with van der Waals surface area (Å²) in [6, 6.07) is 8.16. The highest BCUT2D eigenvalue weighted by molar-refractivity contribution is 5.78. The fourth-order valence-electron chi connectivity index (χ4n) is 5.27. The highest BCUT2D eigenvalue weighted by Gasteiger charge is 2.45. The Morgan fingerprint density at radius 1 is 1.22 bits per heavy atom. The van der Waals surface area contributed by atoms with Crippen LogP contribution >= 0.6 is 0 Å². The molecule has 3 aliphatic rings. The molecule has 1 saturated carbocycles. The molecule has 2 aromatic heterocycles. The number of amides is 1. The van der Waals surface area contributed by atoms with Gasteiger partial charge < -0.3 is 19.3 Å². The van der Waals surface area contributed by atoms with Gasteiger partial charge in [-0.3, -0.25) is 9.78 Å². The van der Waals surface area contributed by atoms with Gasteiger partial charge in [0.1, 0.15) is 24.2 Å². The van der Waals surface area contributed by atoms with E-state index in [0.29, 0.717) is 18.7 Å². The molecule has 0 N–H and O–H groups in total. The van der Waals surface area contributed by atoms with Crippen molar-refractivity contribution in [1.29, 1.82) is 5.26 Å². The van der Waals surface area contributed by atoms with E-state index >= 15 is 0 Å². The van der Waals surface area contributed by atoms with E-state index in [4.69, 9.17) is 14.7 Å². The second-order valence-electron chi connectivity index (χ2n) is 8.82. The minimum atomic E-state index is -0.484. The van der Waals surface area contributed by atoms with Crippen molar-refractivity contribution in [1.82, 2.24) is 14.9 Å². The number of hydrogen-bond acceptors (Lipinski definition) is 7. The minimum Gasteiger partial charge on any atom is -0.496 e. The predicted octanol–water partition coefficient (Wildman–Crippen LogP) is 2.63. The van der Waals surface area contributed by atoms with Gasteiger partial charge >= 0.3 is 0 Å². The van der Waals surface area contributed by atoms with E-state index in [2.05, 4.69) is 20.9 Å². The minimum absolute atomic E-state index is 0.0310. The largest absolute Gasteiger partial charge is 0.496 e. The fraction of sp³-hybridized carbons (Fsp3) is 0.500. The first-order valence-electron chi connectivity index (χ1n) is 11.2. The molecule has 5 rings (SSSR count). The van der Waals surface area contributed by atoms with Crippen LogP contribution in [0.25, 0.3) is 0 Å². The van der Waals surface area contributed by atoms with Crippen molar-refractivity contribution in [3.63, 3.8) is 0 Å². The van der Waals surface area contributed by atoms with Gasteiger partial charge in [-0.2, -0.15) is 5.26 Å². The van der Waals surface area contributed by atoms with Gasteiger partial charge in [0.15, 0.2) is 0 Å². The number of hydrogen-bond donors (Lipinski definition) is 0. The average Bonchev–Trinajstić information content (AvgIpc) is 3.07. The zero-order valence-electron chi connectivity index (χ0n) is 18.2. The number of nitrogens with zero attached hydrogens (tertiary/aromatic N) is 5. The normalized spacial score (nSPS) is 23.4. The van der Waals surface area contributed by atoms with Crippen LogP contribution < -0.4 is 9.64 Å². The van der Waals surface area contributed by atoms with Gasteiger partial charge in [-0.15, -0.1) is 0 Å². The molecule has 8 heteroatoms. The van der Waals surface area contributed by atoms with Crippen LogP contribution in [0, 0.1) is 11.3 Å². The molecule has 1 aliphatic carbocycles. The van der Waals surface area contributed by atoms with E-state index in [9.17, 15) is 4.79 Å². The lowest BCUT2D eigenvalue weighted by molar-refractivity contribution is -0.154. The maximum atomic E-state index is 13.1. The molecule has 8 nitrogen and oxygen atoms in total. The van der Waals surface area contributed by atoms with Gasteiger partial charge in [-0.05, 0) is 50.3 Å². The van der Waals surface area contributed by atoms with Crippen molar-refractivity contribution in [3.05, 3.63) is 47.9 Å². The molecule has 3 fully saturated rings. The molecule has 0 radical (unpaired) electrons. The third-order valence-electron chi connectivity index (χ3n) is 7.10. The number of ether oxygens (including phenoxy) is 2. The fourth-order valence-corrected chi connectivity index (χ4v) is 5.27. The monoisotopic (exact) mass is 433 g/mol. The number of fused-ring (bicyclic) bond motifs is 2.